The largest absolute Gasteiger partial charge is 0.351 e. The molecular formula is C27H43N5O5S2. The van der Waals surface area contributed by atoms with Crippen LogP contribution in [0.1, 0.15) is 68.6 Å². The van der Waals surface area contributed by atoms with Crippen LogP contribution in [0.4, 0.5) is 10.5 Å². The average molecular weight is 582 g/mol. The van der Waals surface area contributed by atoms with E-state index in [1.165, 1.54) is 9.21 Å². The van der Waals surface area contributed by atoms with E-state index in [-0.39, 0.29) is 24.7 Å². The van der Waals surface area contributed by atoms with Gasteiger partial charge in [0.2, 0.25) is 10.0 Å². The molecule has 0 radical (unpaired) electrons. The molecule has 1 spiro atoms. The maximum Gasteiger partial charge on any atom is 0.318 e. The molecule has 1 fully saturated rings. The van der Waals surface area contributed by atoms with Crippen LogP contribution >= 0.6 is 0 Å². The average Bonchev–Trinajstić information content (AvgIpc) is 3.18. The number of benzene rings is 1. The first-order valence-electron chi connectivity index (χ1n) is 13.7. The topological polar surface area (TPSA) is 142 Å². The predicted octanol–water partition coefficient (Wildman–Crippen LogP) is 2.77. The number of nitrogens with zero attached hydrogens (tertiary/aromatic N) is 3. The van der Waals surface area contributed by atoms with E-state index in [0.29, 0.717) is 43.0 Å². The maximum absolute atomic E-state index is 13.2. The first-order valence-corrected chi connectivity index (χ1v) is 16.8. The highest BCUT2D eigenvalue weighted by Crippen LogP contribution is 2.32. The number of rotatable bonds is 13. The van der Waals surface area contributed by atoms with Crippen LogP contribution in [0.5, 0.6) is 0 Å². The van der Waals surface area contributed by atoms with Gasteiger partial charge >= 0.3 is 6.03 Å². The molecular weight excluding hydrogens is 538 g/mol. The number of amides is 3. The molecule has 0 aliphatic carbocycles. The highest BCUT2D eigenvalue weighted by atomic mass is 32.2. The number of hydrogen-bond donors (Lipinski definition) is 2. The Morgan fingerprint density at radius 2 is 1.74 bits per heavy atom. The number of carbonyl (C=O) groups is 2. The Morgan fingerprint density at radius 1 is 1.13 bits per heavy atom. The summed E-state index contributed by atoms with van der Waals surface area (Å²) in [7, 11) is -2.63. The second kappa shape index (κ2) is 13.4. The summed E-state index contributed by atoms with van der Waals surface area (Å²) in [6.45, 7) is 6.27. The van der Waals surface area contributed by atoms with Gasteiger partial charge in [-0.1, -0.05) is 19.8 Å². The van der Waals surface area contributed by atoms with E-state index in [1.807, 2.05) is 32.9 Å². The number of sulfonamides is 1. The Bertz CT molecular complexity index is 1200. The number of nitrogens with one attached hydrogen (secondary N) is 1. The van der Waals surface area contributed by atoms with Gasteiger partial charge in [-0.2, -0.15) is 0 Å². The maximum atomic E-state index is 13.2. The molecule has 2 aliphatic rings. The first-order chi connectivity index (χ1) is 18.4. The number of aliphatic imine (C=N–C) groups is 1. The van der Waals surface area contributed by atoms with E-state index in [4.69, 9.17) is 10.7 Å². The van der Waals surface area contributed by atoms with Crippen LogP contribution in [0.15, 0.2) is 17.1 Å². The molecule has 2 aliphatic heterocycles. The summed E-state index contributed by atoms with van der Waals surface area (Å²) in [4.78, 5) is 30.4. The minimum Gasteiger partial charge on any atom is -0.351 e. The molecule has 1 aromatic rings. The summed E-state index contributed by atoms with van der Waals surface area (Å²) >= 11 is 0. The quantitative estimate of drug-likeness (QED) is 0.345. The van der Waals surface area contributed by atoms with Crippen LogP contribution in [0.25, 0.3) is 0 Å². The highest BCUT2D eigenvalue weighted by Gasteiger charge is 2.47. The van der Waals surface area contributed by atoms with Crippen molar-refractivity contribution in [3.63, 3.8) is 0 Å². The van der Waals surface area contributed by atoms with Gasteiger partial charge in [-0.25, -0.2) is 17.5 Å². The van der Waals surface area contributed by atoms with Crippen LogP contribution in [0.2, 0.25) is 0 Å². The molecule has 1 unspecified atom stereocenters. The lowest BCUT2D eigenvalue weighted by atomic mass is 9.89. The number of urea groups is 1. The van der Waals surface area contributed by atoms with Crippen LogP contribution < -0.4 is 16.0 Å². The van der Waals surface area contributed by atoms with E-state index in [2.05, 4.69) is 5.32 Å². The summed E-state index contributed by atoms with van der Waals surface area (Å²) in [5.74, 6) is 2.00. The number of hydrogen-bond acceptors (Lipinski definition) is 6. The van der Waals surface area contributed by atoms with Crippen molar-refractivity contribution in [3.8, 4) is 0 Å². The number of anilines is 1. The van der Waals surface area contributed by atoms with Gasteiger partial charge < -0.3 is 11.1 Å². The summed E-state index contributed by atoms with van der Waals surface area (Å²) in [5, 5.41) is 2.93. The Hall–Kier alpha value is -2.31. The molecule has 0 aromatic heterocycles. The number of piperidine rings is 1. The van der Waals surface area contributed by atoms with E-state index < -0.39 is 32.4 Å². The highest BCUT2D eigenvalue weighted by molar-refractivity contribution is 7.89. The van der Waals surface area contributed by atoms with Crippen molar-refractivity contribution in [1.29, 1.82) is 0 Å². The third-order valence-electron chi connectivity index (χ3n) is 7.84. The Morgan fingerprint density at radius 3 is 2.33 bits per heavy atom. The smallest absolute Gasteiger partial charge is 0.318 e. The van der Waals surface area contributed by atoms with Crippen molar-refractivity contribution < 1.29 is 22.2 Å². The standard InChI is InChI=1S/C27H43N5O5S2/c1-5-38(35)16-9-7-6-8-10-24-29-25(33)27(30-24)12-14-32(15-13-27)39(36,37)17-11-23-20(2)18-22(19-21(23)3)31(4)26(28)34/h18-19H,5-17H2,1-4H3,(H2,28,34)(H,29,30,33). The van der Waals surface area contributed by atoms with Gasteiger partial charge in [0.1, 0.15) is 11.4 Å². The van der Waals surface area contributed by atoms with Gasteiger partial charge in [0.25, 0.3) is 5.91 Å². The van der Waals surface area contributed by atoms with E-state index in [9.17, 15) is 22.2 Å². The van der Waals surface area contributed by atoms with Crippen molar-refractivity contribution in [1.82, 2.24) is 9.62 Å². The summed E-state index contributed by atoms with van der Waals surface area (Å²) in [6.07, 6.45) is 5.67. The summed E-state index contributed by atoms with van der Waals surface area (Å²) in [5.41, 5.74) is 7.94. The van der Waals surface area contributed by atoms with E-state index in [0.717, 1.165) is 48.1 Å². The summed E-state index contributed by atoms with van der Waals surface area (Å²) < 4.78 is 39.4. The molecule has 0 saturated carbocycles. The second-order valence-electron chi connectivity index (χ2n) is 10.6. The lowest BCUT2D eigenvalue weighted by Crippen LogP contribution is -2.50. The zero-order chi connectivity index (χ0) is 28.8. The lowest BCUT2D eigenvalue weighted by Gasteiger charge is -2.34. The van der Waals surface area contributed by atoms with Gasteiger partial charge in [-0.3, -0.25) is 18.9 Å². The Kier molecular flexibility index (Phi) is 10.7. The second-order valence-corrected chi connectivity index (χ2v) is 14.5. The van der Waals surface area contributed by atoms with Gasteiger partial charge in [0, 0.05) is 54.6 Å². The third kappa shape index (κ3) is 7.88. The number of carbonyl (C=O) groups excluding carboxylic acids is 2. The molecule has 2 heterocycles. The normalized spacial score (nSPS) is 18.2. The van der Waals surface area contributed by atoms with E-state index in [1.54, 1.807) is 7.05 Å². The third-order valence-corrected chi connectivity index (χ3v) is 11.1. The molecule has 0 bridgehead atoms. The summed E-state index contributed by atoms with van der Waals surface area (Å²) in [6, 6.07) is 3.12. The van der Waals surface area contributed by atoms with Crippen molar-refractivity contribution in [2.24, 2.45) is 10.7 Å². The number of unbranched alkanes of at least 4 members (excludes halogenated alkanes) is 3. The fraction of sp³-hybridized carbons (Fsp3) is 0.667. The van der Waals surface area contributed by atoms with Crippen LogP contribution in [-0.2, 0) is 32.0 Å². The predicted molar refractivity (Wildman–Crippen MR) is 157 cm³/mol. The van der Waals surface area contributed by atoms with Crippen LogP contribution in [-0.4, -0.2) is 77.6 Å². The Balaban J connectivity index is 1.52. The van der Waals surface area contributed by atoms with Crippen molar-refractivity contribution in [3.05, 3.63) is 28.8 Å². The lowest BCUT2D eigenvalue weighted by molar-refractivity contribution is -0.124. The number of amidine groups is 1. The van der Waals surface area contributed by atoms with Gasteiger partial charge in [0.15, 0.2) is 0 Å². The molecule has 39 heavy (non-hydrogen) atoms. The Labute approximate surface area is 235 Å². The van der Waals surface area contributed by atoms with Gasteiger partial charge in [-0.05, 0) is 74.8 Å². The molecule has 3 amide bonds. The SMILES string of the molecule is CCS(=O)CCCCCCC1=NC2(CCN(S(=O)(=O)CCc3c(C)cc(N(C)C(N)=O)cc3C)CC2)C(=O)N1. The number of primary amides is 1. The van der Waals surface area contributed by atoms with Gasteiger partial charge in [0.05, 0.1) is 5.75 Å². The molecule has 3 N–H and O–H groups in total. The fourth-order valence-electron chi connectivity index (χ4n) is 5.28. The van der Waals surface area contributed by atoms with E-state index >= 15 is 0 Å². The first kappa shape index (κ1) is 31.2. The minimum absolute atomic E-state index is 0.0285. The zero-order valence-corrected chi connectivity index (χ0v) is 25.3. The number of aryl methyl sites for hydroxylation is 2. The molecule has 10 nitrogen and oxygen atoms in total. The molecule has 3 rings (SSSR count). The molecule has 218 valence electrons. The minimum atomic E-state index is -3.52. The monoisotopic (exact) mass is 581 g/mol. The molecule has 12 heteroatoms. The molecule has 1 aromatic carbocycles. The van der Waals surface area contributed by atoms with Crippen LogP contribution in [0, 0.1) is 13.8 Å². The van der Waals surface area contributed by atoms with Crippen LogP contribution in [0.3, 0.4) is 0 Å². The molecule has 1 saturated heterocycles. The molecule has 1 atom stereocenters. The van der Waals surface area contributed by atoms with Gasteiger partial charge in [-0.15, -0.1) is 0 Å². The number of nitrogens with two attached hydrogens (primary N) is 1. The fourth-order valence-corrected chi connectivity index (χ4v) is 7.55. The van der Waals surface area contributed by atoms with Crippen molar-refractivity contribution in [2.45, 2.75) is 77.7 Å². The van der Waals surface area contributed by atoms with Crippen molar-refractivity contribution >= 4 is 44.3 Å². The zero-order valence-electron chi connectivity index (χ0n) is 23.6. The van der Waals surface area contributed by atoms with Crippen molar-refractivity contribution in [2.75, 3.05) is 42.3 Å².